The lowest BCUT2D eigenvalue weighted by Gasteiger charge is -2.30. The Morgan fingerprint density at radius 3 is 2.62 bits per heavy atom. The summed E-state index contributed by atoms with van der Waals surface area (Å²) in [6.45, 7) is 4.82. The largest absolute Gasteiger partial charge is 0.463 e. The molecule has 0 amide bonds. The van der Waals surface area contributed by atoms with Gasteiger partial charge >= 0.3 is 6.01 Å². The molecule has 1 atom stereocenters. The van der Waals surface area contributed by atoms with Gasteiger partial charge in [0.1, 0.15) is 0 Å². The van der Waals surface area contributed by atoms with Gasteiger partial charge in [-0.15, -0.1) is 0 Å². The van der Waals surface area contributed by atoms with Crippen LogP contribution in [0.25, 0.3) is 0 Å². The van der Waals surface area contributed by atoms with Crippen molar-refractivity contribution in [2.24, 2.45) is 5.92 Å². The minimum atomic E-state index is 0.178. The molecule has 6 heteroatoms. The van der Waals surface area contributed by atoms with E-state index < -0.39 is 0 Å². The maximum Gasteiger partial charge on any atom is 0.322 e. The molecule has 2 rings (SSSR count). The van der Waals surface area contributed by atoms with E-state index in [1.54, 1.807) is 0 Å². The lowest BCUT2D eigenvalue weighted by molar-refractivity contribution is 0.290. The third kappa shape index (κ3) is 4.99. The van der Waals surface area contributed by atoms with Gasteiger partial charge in [0.25, 0.3) is 0 Å². The van der Waals surface area contributed by atoms with Crippen molar-refractivity contribution in [2.45, 2.75) is 64.8 Å². The van der Waals surface area contributed by atoms with Crippen molar-refractivity contribution in [1.82, 2.24) is 15.0 Å². The number of nitrogens with zero attached hydrogens (tertiary/aromatic N) is 3. The molecule has 1 aromatic rings. The van der Waals surface area contributed by atoms with Gasteiger partial charge in [-0.05, 0) is 43.2 Å². The molecule has 5 nitrogen and oxygen atoms in total. The molecule has 1 aliphatic rings. The standard InChI is InChI=1S/C15H25ClN4O/c1-3-10-21-15-19-13(16)18-14(20-15)17-12(4-2)11-8-6-5-7-9-11/h11-12H,3-10H2,1-2H3,(H,17,18,19,20). The molecule has 1 unspecified atom stereocenters. The van der Waals surface area contributed by atoms with Crippen LogP contribution < -0.4 is 10.1 Å². The fraction of sp³-hybridized carbons (Fsp3) is 0.800. The first-order valence-electron chi connectivity index (χ1n) is 8.03. The van der Waals surface area contributed by atoms with Crippen LogP contribution in [0.1, 0.15) is 58.8 Å². The van der Waals surface area contributed by atoms with E-state index in [2.05, 4.69) is 27.2 Å². The van der Waals surface area contributed by atoms with Crippen molar-refractivity contribution in [3.63, 3.8) is 0 Å². The van der Waals surface area contributed by atoms with Crippen molar-refractivity contribution in [3.8, 4) is 6.01 Å². The fourth-order valence-corrected chi connectivity index (χ4v) is 3.06. The molecule has 1 fully saturated rings. The van der Waals surface area contributed by atoms with Gasteiger partial charge < -0.3 is 10.1 Å². The highest BCUT2D eigenvalue weighted by Gasteiger charge is 2.23. The molecule has 118 valence electrons. The molecule has 1 saturated carbocycles. The van der Waals surface area contributed by atoms with Gasteiger partial charge in [-0.2, -0.15) is 15.0 Å². The normalized spacial score (nSPS) is 17.5. The Morgan fingerprint density at radius 2 is 1.95 bits per heavy atom. The molecule has 1 heterocycles. The summed E-state index contributed by atoms with van der Waals surface area (Å²) >= 11 is 5.96. The monoisotopic (exact) mass is 312 g/mol. The smallest absolute Gasteiger partial charge is 0.322 e. The molecule has 0 aromatic carbocycles. The van der Waals surface area contributed by atoms with Crippen LogP contribution >= 0.6 is 11.6 Å². The second-order valence-electron chi connectivity index (χ2n) is 5.62. The number of hydrogen-bond acceptors (Lipinski definition) is 5. The molecule has 21 heavy (non-hydrogen) atoms. The predicted octanol–water partition coefficient (Wildman–Crippen LogP) is 4.08. The first-order valence-corrected chi connectivity index (χ1v) is 8.41. The van der Waals surface area contributed by atoms with Crippen LogP contribution in [0.3, 0.4) is 0 Å². The predicted molar refractivity (Wildman–Crippen MR) is 84.9 cm³/mol. The maximum absolute atomic E-state index is 5.96. The Labute approximate surface area is 131 Å². The summed E-state index contributed by atoms with van der Waals surface area (Å²) < 4.78 is 5.45. The van der Waals surface area contributed by atoms with E-state index in [0.717, 1.165) is 12.8 Å². The Balaban J connectivity index is 2.03. The van der Waals surface area contributed by atoms with Gasteiger partial charge in [-0.25, -0.2) is 0 Å². The lowest BCUT2D eigenvalue weighted by atomic mass is 9.83. The van der Waals surface area contributed by atoms with Crippen LogP contribution in [-0.2, 0) is 0 Å². The molecule has 1 N–H and O–H groups in total. The molecule has 0 bridgehead atoms. The van der Waals surface area contributed by atoms with E-state index in [-0.39, 0.29) is 5.28 Å². The molecule has 1 aliphatic carbocycles. The Hall–Kier alpha value is -1.10. The van der Waals surface area contributed by atoms with E-state index >= 15 is 0 Å². The lowest BCUT2D eigenvalue weighted by Crippen LogP contribution is -2.31. The zero-order chi connectivity index (χ0) is 15.1. The molecular formula is C15H25ClN4O. The second-order valence-corrected chi connectivity index (χ2v) is 5.95. The average Bonchev–Trinajstić information content (AvgIpc) is 2.51. The first-order chi connectivity index (χ1) is 10.2. The first kappa shape index (κ1) is 16.3. The van der Waals surface area contributed by atoms with E-state index in [1.807, 2.05) is 6.92 Å². The van der Waals surface area contributed by atoms with Gasteiger partial charge in [0, 0.05) is 6.04 Å². The summed E-state index contributed by atoms with van der Waals surface area (Å²) in [5.74, 6) is 1.22. The van der Waals surface area contributed by atoms with Gasteiger partial charge in [0.2, 0.25) is 11.2 Å². The molecule has 0 aliphatic heterocycles. The average molecular weight is 313 g/mol. The second kappa shape index (κ2) is 8.37. The van der Waals surface area contributed by atoms with Gasteiger partial charge in [0.15, 0.2) is 0 Å². The highest BCUT2D eigenvalue weighted by molar-refractivity contribution is 6.28. The number of nitrogens with one attached hydrogen (secondary N) is 1. The van der Waals surface area contributed by atoms with Crippen molar-refractivity contribution in [2.75, 3.05) is 11.9 Å². The Kier molecular flexibility index (Phi) is 6.49. The van der Waals surface area contributed by atoms with E-state index in [9.17, 15) is 0 Å². The zero-order valence-corrected chi connectivity index (χ0v) is 13.7. The molecule has 0 spiro atoms. The summed E-state index contributed by atoms with van der Waals surface area (Å²) in [7, 11) is 0. The summed E-state index contributed by atoms with van der Waals surface area (Å²) in [5, 5.41) is 3.61. The Bertz CT molecular complexity index is 438. The number of halogens is 1. The van der Waals surface area contributed by atoms with Crippen molar-refractivity contribution < 1.29 is 4.74 Å². The number of anilines is 1. The number of aromatic nitrogens is 3. The van der Waals surface area contributed by atoms with Crippen LogP contribution in [0.5, 0.6) is 6.01 Å². The zero-order valence-electron chi connectivity index (χ0n) is 12.9. The Morgan fingerprint density at radius 1 is 1.19 bits per heavy atom. The fourth-order valence-electron chi connectivity index (χ4n) is 2.91. The number of hydrogen-bond donors (Lipinski definition) is 1. The van der Waals surface area contributed by atoms with Crippen LogP contribution in [0.15, 0.2) is 0 Å². The molecular weight excluding hydrogens is 288 g/mol. The van der Waals surface area contributed by atoms with Crippen LogP contribution in [0, 0.1) is 5.92 Å². The molecule has 0 radical (unpaired) electrons. The minimum absolute atomic E-state index is 0.178. The van der Waals surface area contributed by atoms with E-state index in [4.69, 9.17) is 16.3 Å². The van der Waals surface area contributed by atoms with Crippen LogP contribution in [0.2, 0.25) is 5.28 Å². The van der Waals surface area contributed by atoms with Gasteiger partial charge in [-0.1, -0.05) is 33.1 Å². The van der Waals surface area contributed by atoms with E-state index in [0.29, 0.717) is 30.5 Å². The minimum Gasteiger partial charge on any atom is -0.463 e. The van der Waals surface area contributed by atoms with Gasteiger partial charge in [-0.3, -0.25) is 0 Å². The van der Waals surface area contributed by atoms with Crippen LogP contribution in [-0.4, -0.2) is 27.6 Å². The van der Waals surface area contributed by atoms with Crippen molar-refractivity contribution in [1.29, 1.82) is 0 Å². The third-order valence-corrected chi connectivity index (χ3v) is 4.17. The topological polar surface area (TPSA) is 59.9 Å². The van der Waals surface area contributed by atoms with E-state index in [1.165, 1.54) is 32.1 Å². The summed E-state index contributed by atoms with van der Waals surface area (Å²) in [5.41, 5.74) is 0. The third-order valence-electron chi connectivity index (χ3n) is 4.00. The number of rotatable bonds is 7. The van der Waals surface area contributed by atoms with Crippen molar-refractivity contribution >= 4 is 17.5 Å². The summed E-state index contributed by atoms with van der Waals surface area (Å²) in [4.78, 5) is 12.5. The van der Waals surface area contributed by atoms with Gasteiger partial charge in [0.05, 0.1) is 6.61 Å². The summed E-state index contributed by atoms with van der Waals surface area (Å²) in [6, 6.07) is 0.695. The summed E-state index contributed by atoms with van der Waals surface area (Å²) in [6.07, 6.45) is 8.54. The molecule has 1 aromatic heterocycles. The SMILES string of the molecule is CCCOc1nc(Cl)nc(NC(CC)C2CCCCC2)n1. The highest BCUT2D eigenvalue weighted by atomic mass is 35.5. The van der Waals surface area contributed by atoms with Crippen LogP contribution in [0.4, 0.5) is 5.95 Å². The maximum atomic E-state index is 5.96. The molecule has 0 saturated heterocycles. The quantitative estimate of drug-likeness (QED) is 0.822. The number of ether oxygens (including phenoxy) is 1. The highest BCUT2D eigenvalue weighted by Crippen LogP contribution is 2.29. The van der Waals surface area contributed by atoms with Crippen molar-refractivity contribution in [3.05, 3.63) is 5.28 Å².